The standard InChI is InChI=1S/C12H18N4O/c1-8-13-11(6-12(17)14-8)15-9-4-5-16(7-9)10-2-3-10/h6,9-10H,2-5,7H2,1H3,(H2,13,14,15,17). The quantitative estimate of drug-likeness (QED) is 0.809. The first-order valence-electron chi connectivity index (χ1n) is 6.29. The lowest BCUT2D eigenvalue weighted by Gasteiger charge is -2.16. The molecule has 92 valence electrons. The Morgan fingerprint density at radius 2 is 2.29 bits per heavy atom. The minimum absolute atomic E-state index is 0.0861. The lowest BCUT2D eigenvalue weighted by atomic mass is 10.2. The van der Waals surface area contributed by atoms with E-state index in [2.05, 4.69) is 20.2 Å². The summed E-state index contributed by atoms with van der Waals surface area (Å²) < 4.78 is 0. The van der Waals surface area contributed by atoms with Gasteiger partial charge in [-0.25, -0.2) is 4.98 Å². The Balaban J connectivity index is 1.64. The number of aryl methyl sites for hydroxylation is 1. The van der Waals surface area contributed by atoms with E-state index < -0.39 is 0 Å². The molecule has 1 aliphatic heterocycles. The molecule has 5 nitrogen and oxygen atoms in total. The molecule has 1 saturated carbocycles. The van der Waals surface area contributed by atoms with Crippen molar-refractivity contribution >= 4 is 5.82 Å². The summed E-state index contributed by atoms with van der Waals surface area (Å²) in [4.78, 5) is 20.8. The third kappa shape index (κ3) is 2.49. The topological polar surface area (TPSA) is 61.0 Å². The molecule has 0 spiro atoms. The largest absolute Gasteiger partial charge is 0.366 e. The van der Waals surface area contributed by atoms with Crippen LogP contribution < -0.4 is 10.9 Å². The predicted molar refractivity (Wildman–Crippen MR) is 66.2 cm³/mol. The molecule has 0 amide bonds. The van der Waals surface area contributed by atoms with Crippen LogP contribution in [0.5, 0.6) is 0 Å². The van der Waals surface area contributed by atoms with Crippen LogP contribution in [0.3, 0.4) is 0 Å². The van der Waals surface area contributed by atoms with E-state index in [9.17, 15) is 4.79 Å². The molecule has 1 aliphatic carbocycles. The normalized spacial score (nSPS) is 25.1. The highest BCUT2D eigenvalue weighted by Gasteiger charge is 2.34. The van der Waals surface area contributed by atoms with Crippen molar-refractivity contribution in [3.63, 3.8) is 0 Å². The van der Waals surface area contributed by atoms with E-state index in [0.29, 0.717) is 17.7 Å². The number of anilines is 1. The van der Waals surface area contributed by atoms with Gasteiger partial charge < -0.3 is 10.3 Å². The summed E-state index contributed by atoms with van der Waals surface area (Å²) in [6.07, 6.45) is 3.86. The maximum Gasteiger partial charge on any atom is 0.252 e. The fourth-order valence-corrected chi connectivity index (χ4v) is 2.54. The van der Waals surface area contributed by atoms with Gasteiger partial charge in [0.2, 0.25) is 0 Å². The molecule has 1 aromatic heterocycles. The van der Waals surface area contributed by atoms with E-state index in [0.717, 1.165) is 19.0 Å². The van der Waals surface area contributed by atoms with Crippen molar-refractivity contribution in [3.05, 3.63) is 22.2 Å². The number of hydrogen-bond donors (Lipinski definition) is 2. The first-order chi connectivity index (χ1) is 8.20. The summed E-state index contributed by atoms with van der Waals surface area (Å²) in [6, 6.07) is 2.80. The summed E-state index contributed by atoms with van der Waals surface area (Å²) in [5, 5.41) is 3.36. The van der Waals surface area contributed by atoms with Crippen LogP contribution in [0.4, 0.5) is 5.82 Å². The Morgan fingerprint density at radius 3 is 3.00 bits per heavy atom. The number of rotatable bonds is 3. The summed E-state index contributed by atoms with van der Waals surface area (Å²) in [7, 11) is 0. The molecule has 2 N–H and O–H groups in total. The zero-order chi connectivity index (χ0) is 11.8. The van der Waals surface area contributed by atoms with Crippen LogP contribution in [0.2, 0.25) is 0 Å². The number of hydrogen-bond acceptors (Lipinski definition) is 4. The van der Waals surface area contributed by atoms with Crippen molar-refractivity contribution in [1.82, 2.24) is 14.9 Å². The number of nitrogens with one attached hydrogen (secondary N) is 2. The van der Waals surface area contributed by atoms with Gasteiger partial charge in [0.15, 0.2) is 0 Å². The highest BCUT2D eigenvalue weighted by Crippen LogP contribution is 2.30. The van der Waals surface area contributed by atoms with Gasteiger partial charge in [-0.2, -0.15) is 0 Å². The summed E-state index contributed by atoms with van der Waals surface area (Å²) in [5.41, 5.74) is -0.0861. The molecule has 2 heterocycles. The van der Waals surface area contributed by atoms with Crippen LogP contribution >= 0.6 is 0 Å². The van der Waals surface area contributed by atoms with Crippen LogP contribution in [-0.4, -0.2) is 40.0 Å². The predicted octanol–water partition coefficient (Wildman–Crippen LogP) is 0.727. The van der Waals surface area contributed by atoms with Gasteiger partial charge in [-0.1, -0.05) is 0 Å². The van der Waals surface area contributed by atoms with E-state index in [-0.39, 0.29) is 5.56 Å². The van der Waals surface area contributed by atoms with E-state index in [4.69, 9.17) is 0 Å². The third-order valence-corrected chi connectivity index (χ3v) is 3.50. The first-order valence-corrected chi connectivity index (χ1v) is 6.29. The van der Waals surface area contributed by atoms with E-state index >= 15 is 0 Å². The molecule has 3 rings (SSSR count). The summed E-state index contributed by atoms with van der Waals surface area (Å²) in [6.45, 7) is 4.06. The minimum Gasteiger partial charge on any atom is -0.366 e. The third-order valence-electron chi connectivity index (χ3n) is 3.50. The molecule has 1 unspecified atom stereocenters. The zero-order valence-electron chi connectivity index (χ0n) is 10.1. The molecule has 0 bridgehead atoms. The maximum atomic E-state index is 11.3. The molecule has 5 heteroatoms. The van der Waals surface area contributed by atoms with Gasteiger partial charge in [0.05, 0.1) is 0 Å². The van der Waals surface area contributed by atoms with Crippen molar-refractivity contribution in [2.24, 2.45) is 0 Å². The smallest absolute Gasteiger partial charge is 0.252 e. The number of aromatic amines is 1. The lowest BCUT2D eigenvalue weighted by Crippen LogP contribution is -2.28. The Kier molecular flexibility index (Phi) is 2.63. The van der Waals surface area contributed by atoms with E-state index in [1.165, 1.54) is 25.5 Å². The molecule has 1 saturated heterocycles. The monoisotopic (exact) mass is 234 g/mol. The summed E-state index contributed by atoms with van der Waals surface area (Å²) >= 11 is 0. The second-order valence-electron chi connectivity index (χ2n) is 5.07. The van der Waals surface area contributed by atoms with Gasteiger partial charge in [-0.3, -0.25) is 9.69 Å². The Morgan fingerprint density at radius 1 is 1.47 bits per heavy atom. The minimum atomic E-state index is -0.0861. The van der Waals surface area contributed by atoms with Crippen molar-refractivity contribution in [2.45, 2.75) is 38.3 Å². The van der Waals surface area contributed by atoms with E-state index in [1.807, 2.05) is 0 Å². The summed E-state index contributed by atoms with van der Waals surface area (Å²) in [5.74, 6) is 1.37. The second-order valence-corrected chi connectivity index (χ2v) is 5.07. The molecular weight excluding hydrogens is 216 g/mol. The molecule has 1 atom stereocenters. The van der Waals surface area contributed by atoms with Crippen LogP contribution in [0.25, 0.3) is 0 Å². The lowest BCUT2D eigenvalue weighted by molar-refractivity contribution is 0.326. The van der Waals surface area contributed by atoms with Gasteiger partial charge >= 0.3 is 0 Å². The molecule has 17 heavy (non-hydrogen) atoms. The molecule has 0 aromatic carbocycles. The van der Waals surface area contributed by atoms with Gasteiger partial charge in [0.1, 0.15) is 11.6 Å². The maximum absolute atomic E-state index is 11.3. The van der Waals surface area contributed by atoms with Gasteiger partial charge in [-0.05, 0) is 26.2 Å². The SMILES string of the molecule is Cc1nc(NC2CCN(C3CC3)C2)cc(=O)[nH]1. The van der Waals surface area contributed by atoms with Gasteiger partial charge in [0.25, 0.3) is 5.56 Å². The number of likely N-dealkylation sites (tertiary alicyclic amines) is 1. The van der Waals surface area contributed by atoms with Crippen molar-refractivity contribution in [1.29, 1.82) is 0 Å². The van der Waals surface area contributed by atoms with E-state index in [1.54, 1.807) is 6.92 Å². The van der Waals surface area contributed by atoms with Crippen molar-refractivity contribution in [2.75, 3.05) is 18.4 Å². The molecular formula is C12H18N4O. The zero-order valence-corrected chi connectivity index (χ0v) is 10.1. The van der Waals surface area contributed by atoms with Crippen LogP contribution in [0.1, 0.15) is 25.1 Å². The fourth-order valence-electron chi connectivity index (χ4n) is 2.54. The second kappa shape index (κ2) is 4.14. The highest BCUT2D eigenvalue weighted by molar-refractivity contribution is 5.34. The Labute approximate surface area is 100 Å². The highest BCUT2D eigenvalue weighted by atomic mass is 16.1. The number of H-pyrrole nitrogens is 1. The molecule has 2 aliphatic rings. The molecule has 2 fully saturated rings. The Hall–Kier alpha value is -1.36. The van der Waals surface area contributed by atoms with Gasteiger partial charge in [-0.15, -0.1) is 0 Å². The first kappa shape index (κ1) is 10.8. The number of aromatic nitrogens is 2. The van der Waals surface area contributed by atoms with Crippen LogP contribution in [0, 0.1) is 6.92 Å². The number of nitrogens with zero attached hydrogens (tertiary/aromatic N) is 2. The van der Waals surface area contributed by atoms with Gasteiger partial charge in [0, 0.05) is 31.2 Å². The Bertz CT molecular complexity index is 466. The molecule has 0 radical (unpaired) electrons. The van der Waals surface area contributed by atoms with Crippen molar-refractivity contribution in [3.8, 4) is 0 Å². The fraction of sp³-hybridized carbons (Fsp3) is 0.667. The van der Waals surface area contributed by atoms with Crippen molar-refractivity contribution < 1.29 is 0 Å². The average Bonchev–Trinajstić information content (AvgIpc) is 2.99. The average molecular weight is 234 g/mol. The molecule has 1 aromatic rings. The van der Waals surface area contributed by atoms with Crippen LogP contribution in [0.15, 0.2) is 10.9 Å². The van der Waals surface area contributed by atoms with Crippen LogP contribution in [-0.2, 0) is 0 Å².